The summed E-state index contributed by atoms with van der Waals surface area (Å²) in [7, 11) is 0. The molecule has 1 aromatic carbocycles. The first-order valence-electron chi connectivity index (χ1n) is 9.23. The molecule has 0 amide bonds. The van der Waals surface area contributed by atoms with Crippen LogP contribution in [0.15, 0.2) is 24.3 Å². The molecule has 1 saturated carbocycles. The van der Waals surface area contributed by atoms with E-state index in [1.807, 2.05) is 0 Å². The van der Waals surface area contributed by atoms with E-state index in [0.717, 1.165) is 18.5 Å². The van der Waals surface area contributed by atoms with E-state index in [9.17, 15) is 0 Å². The molecule has 2 heteroatoms. The lowest BCUT2D eigenvalue weighted by Crippen LogP contribution is -2.51. The molecule has 2 aliphatic rings. The van der Waals surface area contributed by atoms with Gasteiger partial charge in [-0.3, -0.25) is 4.90 Å². The minimum absolute atomic E-state index is 0.692. The summed E-state index contributed by atoms with van der Waals surface area (Å²) in [4.78, 5) is 2.65. The van der Waals surface area contributed by atoms with Crippen molar-refractivity contribution in [2.24, 2.45) is 5.92 Å². The van der Waals surface area contributed by atoms with Crippen LogP contribution in [0, 0.1) is 12.8 Å². The third kappa shape index (κ3) is 4.57. The Kier molecular flexibility index (Phi) is 5.54. The van der Waals surface area contributed by atoms with Crippen LogP contribution in [0.4, 0.5) is 0 Å². The van der Waals surface area contributed by atoms with Crippen LogP contribution in [0.1, 0.15) is 56.6 Å². The second-order valence-electron chi connectivity index (χ2n) is 7.72. The zero-order valence-corrected chi connectivity index (χ0v) is 14.4. The van der Waals surface area contributed by atoms with Gasteiger partial charge in [0, 0.05) is 31.7 Å². The Hall–Kier alpha value is -0.860. The van der Waals surface area contributed by atoms with Crippen LogP contribution in [-0.4, -0.2) is 30.1 Å². The van der Waals surface area contributed by atoms with Gasteiger partial charge in [0.2, 0.25) is 0 Å². The van der Waals surface area contributed by atoms with Crippen molar-refractivity contribution in [3.63, 3.8) is 0 Å². The first-order valence-corrected chi connectivity index (χ1v) is 9.23. The first-order chi connectivity index (χ1) is 10.7. The number of hydrogen-bond donors (Lipinski definition) is 1. The fourth-order valence-electron chi connectivity index (χ4n) is 4.27. The van der Waals surface area contributed by atoms with E-state index < -0.39 is 0 Å². The summed E-state index contributed by atoms with van der Waals surface area (Å²) in [6.07, 6.45) is 8.42. The molecule has 0 aromatic heterocycles. The van der Waals surface area contributed by atoms with Crippen LogP contribution >= 0.6 is 0 Å². The van der Waals surface area contributed by atoms with Gasteiger partial charge in [-0.2, -0.15) is 0 Å². The average molecular weight is 300 g/mol. The van der Waals surface area contributed by atoms with Gasteiger partial charge in [-0.05, 0) is 37.7 Å². The van der Waals surface area contributed by atoms with Crippen molar-refractivity contribution in [3.05, 3.63) is 35.4 Å². The third-order valence-corrected chi connectivity index (χ3v) is 5.34. The standard InChI is InChI=1S/C20H32N2/c1-16-8-10-18(11-9-16)14-22-13-17(2)12-20(15-22)21-19-6-4-3-5-7-19/h8-11,17,19-21H,3-7,12-15H2,1-2H3. The third-order valence-electron chi connectivity index (χ3n) is 5.34. The summed E-state index contributed by atoms with van der Waals surface area (Å²) in [5, 5.41) is 3.97. The van der Waals surface area contributed by atoms with Gasteiger partial charge in [-0.25, -0.2) is 0 Å². The predicted molar refractivity (Wildman–Crippen MR) is 94.0 cm³/mol. The molecule has 0 spiro atoms. The summed E-state index contributed by atoms with van der Waals surface area (Å²) in [6.45, 7) is 8.15. The molecule has 0 radical (unpaired) electrons. The van der Waals surface area contributed by atoms with Crippen molar-refractivity contribution < 1.29 is 0 Å². The predicted octanol–water partition coefficient (Wildman–Crippen LogP) is 4.13. The molecule has 2 unspecified atom stereocenters. The number of piperidine rings is 1. The van der Waals surface area contributed by atoms with Crippen LogP contribution in [-0.2, 0) is 6.54 Å². The summed E-state index contributed by atoms with van der Waals surface area (Å²) in [5.74, 6) is 0.806. The SMILES string of the molecule is Cc1ccc(CN2CC(C)CC(NC3CCCCC3)C2)cc1. The molecule has 1 N–H and O–H groups in total. The Labute approximate surface area is 136 Å². The van der Waals surface area contributed by atoms with Gasteiger partial charge in [-0.15, -0.1) is 0 Å². The summed E-state index contributed by atoms with van der Waals surface area (Å²) < 4.78 is 0. The molecule has 2 nitrogen and oxygen atoms in total. The van der Waals surface area contributed by atoms with Crippen LogP contribution in [0.2, 0.25) is 0 Å². The summed E-state index contributed by atoms with van der Waals surface area (Å²) in [5.41, 5.74) is 2.81. The van der Waals surface area contributed by atoms with E-state index in [4.69, 9.17) is 0 Å². The molecule has 2 atom stereocenters. The van der Waals surface area contributed by atoms with Gasteiger partial charge in [0.05, 0.1) is 0 Å². The highest BCUT2D eigenvalue weighted by Gasteiger charge is 2.26. The van der Waals surface area contributed by atoms with Crippen molar-refractivity contribution in [1.82, 2.24) is 10.2 Å². The number of rotatable bonds is 4. The van der Waals surface area contributed by atoms with Gasteiger partial charge < -0.3 is 5.32 Å². The number of nitrogens with one attached hydrogen (secondary N) is 1. The zero-order chi connectivity index (χ0) is 15.4. The minimum atomic E-state index is 0.692. The molecule has 1 aliphatic heterocycles. The minimum Gasteiger partial charge on any atom is -0.310 e. The Balaban J connectivity index is 1.54. The molecule has 1 aromatic rings. The number of nitrogens with zero attached hydrogens (tertiary/aromatic N) is 1. The Morgan fingerprint density at radius 1 is 1.00 bits per heavy atom. The number of hydrogen-bond acceptors (Lipinski definition) is 2. The van der Waals surface area contributed by atoms with E-state index in [-0.39, 0.29) is 0 Å². The molecule has 1 saturated heterocycles. The summed E-state index contributed by atoms with van der Waals surface area (Å²) >= 11 is 0. The normalized spacial score (nSPS) is 27.9. The quantitative estimate of drug-likeness (QED) is 0.899. The molecular formula is C20H32N2. The molecule has 3 rings (SSSR count). The Morgan fingerprint density at radius 2 is 1.73 bits per heavy atom. The van der Waals surface area contributed by atoms with Gasteiger partial charge in [0.15, 0.2) is 0 Å². The number of aryl methyl sites for hydroxylation is 1. The maximum atomic E-state index is 3.97. The second kappa shape index (κ2) is 7.61. The highest BCUT2D eigenvalue weighted by molar-refractivity contribution is 5.21. The Morgan fingerprint density at radius 3 is 2.45 bits per heavy atom. The summed E-state index contributed by atoms with van der Waals surface area (Å²) in [6, 6.07) is 10.5. The van der Waals surface area contributed by atoms with Crippen LogP contribution in [0.3, 0.4) is 0 Å². The fraction of sp³-hybridized carbons (Fsp3) is 0.700. The molecule has 1 aliphatic carbocycles. The van der Waals surface area contributed by atoms with Gasteiger partial charge in [0.25, 0.3) is 0 Å². The molecule has 2 fully saturated rings. The fourth-order valence-corrected chi connectivity index (χ4v) is 4.27. The van der Waals surface area contributed by atoms with Gasteiger partial charge in [0.1, 0.15) is 0 Å². The van der Waals surface area contributed by atoms with E-state index in [1.165, 1.54) is 62.7 Å². The van der Waals surface area contributed by atoms with Crippen LogP contribution < -0.4 is 5.32 Å². The van der Waals surface area contributed by atoms with E-state index in [0.29, 0.717) is 6.04 Å². The van der Waals surface area contributed by atoms with Gasteiger partial charge >= 0.3 is 0 Å². The molecule has 122 valence electrons. The van der Waals surface area contributed by atoms with Crippen molar-refractivity contribution in [1.29, 1.82) is 0 Å². The van der Waals surface area contributed by atoms with E-state index >= 15 is 0 Å². The van der Waals surface area contributed by atoms with Crippen LogP contribution in [0.5, 0.6) is 0 Å². The number of likely N-dealkylation sites (tertiary alicyclic amines) is 1. The lowest BCUT2D eigenvalue weighted by atomic mass is 9.91. The van der Waals surface area contributed by atoms with E-state index in [2.05, 4.69) is 48.3 Å². The van der Waals surface area contributed by atoms with Crippen molar-refractivity contribution >= 4 is 0 Å². The van der Waals surface area contributed by atoms with Crippen molar-refractivity contribution in [3.8, 4) is 0 Å². The van der Waals surface area contributed by atoms with Crippen LogP contribution in [0.25, 0.3) is 0 Å². The molecule has 22 heavy (non-hydrogen) atoms. The van der Waals surface area contributed by atoms with E-state index in [1.54, 1.807) is 0 Å². The molecular weight excluding hydrogens is 268 g/mol. The zero-order valence-electron chi connectivity index (χ0n) is 14.4. The highest BCUT2D eigenvalue weighted by Crippen LogP contribution is 2.22. The first kappa shape index (κ1) is 16.0. The van der Waals surface area contributed by atoms with Gasteiger partial charge in [-0.1, -0.05) is 56.0 Å². The maximum absolute atomic E-state index is 3.97. The maximum Gasteiger partial charge on any atom is 0.0234 e. The molecule has 1 heterocycles. The monoisotopic (exact) mass is 300 g/mol. The Bertz CT molecular complexity index is 447. The lowest BCUT2D eigenvalue weighted by Gasteiger charge is -2.39. The smallest absolute Gasteiger partial charge is 0.0234 e. The number of benzene rings is 1. The largest absolute Gasteiger partial charge is 0.310 e. The second-order valence-corrected chi connectivity index (χ2v) is 7.72. The molecule has 0 bridgehead atoms. The highest BCUT2D eigenvalue weighted by atomic mass is 15.2. The average Bonchev–Trinajstić information content (AvgIpc) is 2.50. The van der Waals surface area contributed by atoms with Crippen molar-refractivity contribution in [2.75, 3.05) is 13.1 Å². The van der Waals surface area contributed by atoms with Crippen molar-refractivity contribution in [2.45, 2.75) is 71.0 Å². The topological polar surface area (TPSA) is 15.3 Å². The lowest BCUT2D eigenvalue weighted by molar-refractivity contribution is 0.132.